The Hall–Kier alpha value is -3.41. The van der Waals surface area contributed by atoms with E-state index in [4.69, 9.17) is 4.98 Å². The molecule has 150 valence electrons. The number of rotatable bonds is 2. The van der Waals surface area contributed by atoms with Gasteiger partial charge in [-0.3, -0.25) is 9.78 Å². The van der Waals surface area contributed by atoms with Gasteiger partial charge in [-0.15, -0.1) is 0 Å². The molecule has 1 saturated carbocycles. The van der Waals surface area contributed by atoms with Crippen molar-refractivity contribution < 1.29 is 9.90 Å². The quantitative estimate of drug-likeness (QED) is 0.521. The van der Waals surface area contributed by atoms with Crippen molar-refractivity contribution >= 4 is 5.78 Å². The zero-order chi connectivity index (χ0) is 20.7. The number of aliphatic hydroxyl groups excluding tert-OH is 1. The second-order valence-electron chi connectivity index (χ2n) is 8.12. The van der Waals surface area contributed by atoms with Crippen LogP contribution in [-0.4, -0.2) is 30.8 Å². The minimum Gasteiger partial charge on any atom is -0.515 e. The highest BCUT2D eigenvalue weighted by molar-refractivity contribution is 5.98. The highest BCUT2D eigenvalue weighted by Crippen LogP contribution is 2.55. The molecule has 3 aromatic rings. The fourth-order valence-corrected chi connectivity index (χ4v) is 5.30. The molecule has 2 aliphatic carbocycles. The van der Waals surface area contributed by atoms with E-state index in [-0.39, 0.29) is 17.6 Å². The summed E-state index contributed by atoms with van der Waals surface area (Å²) in [6.45, 7) is 1.98. The summed E-state index contributed by atoms with van der Waals surface area (Å²) in [6.07, 6.45) is 9.90. The van der Waals surface area contributed by atoms with Crippen molar-refractivity contribution in [3.63, 3.8) is 0 Å². The van der Waals surface area contributed by atoms with E-state index >= 15 is 0 Å². The molecule has 2 heterocycles. The molecule has 0 bridgehead atoms. The van der Waals surface area contributed by atoms with E-state index in [0.29, 0.717) is 23.5 Å². The van der Waals surface area contributed by atoms with Crippen LogP contribution in [-0.2, 0) is 16.6 Å². The lowest BCUT2D eigenvalue weighted by Gasteiger charge is -2.50. The first-order chi connectivity index (χ1) is 14.6. The standard InChI is InChI=1S/C24H22N4O2/c1-15-19-8-7-16-12-27-23(20-13-25-9-10-26-20)28-22(16)24(19,11-17(14-29)21(15)30)18-5-3-2-4-6-18/h2-6,9-10,12-15,19,29H,7-8,11H2,1H3/t15-,19-,24+/m0/s1. The van der Waals surface area contributed by atoms with Gasteiger partial charge in [-0.25, -0.2) is 15.0 Å². The first-order valence-electron chi connectivity index (χ1n) is 10.2. The summed E-state index contributed by atoms with van der Waals surface area (Å²) in [4.78, 5) is 31.0. The number of carbonyl (C=O) groups excluding carboxylic acids is 1. The minimum atomic E-state index is -0.503. The number of aryl methyl sites for hydroxylation is 1. The van der Waals surface area contributed by atoms with Crippen LogP contribution in [0.15, 0.2) is 67.0 Å². The van der Waals surface area contributed by atoms with E-state index in [1.54, 1.807) is 18.6 Å². The molecule has 3 atom stereocenters. The Kier molecular flexibility index (Phi) is 4.42. The second-order valence-corrected chi connectivity index (χ2v) is 8.12. The van der Waals surface area contributed by atoms with E-state index in [9.17, 15) is 9.90 Å². The number of carbonyl (C=O) groups is 1. The summed E-state index contributed by atoms with van der Waals surface area (Å²) in [7, 11) is 0. The third-order valence-corrected chi connectivity index (χ3v) is 6.68. The first-order valence-corrected chi connectivity index (χ1v) is 10.2. The van der Waals surface area contributed by atoms with Gasteiger partial charge in [0, 0.05) is 35.5 Å². The molecule has 0 unspecified atom stereocenters. The fraction of sp³-hybridized carbons (Fsp3) is 0.292. The summed E-state index contributed by atoms with van der Waals surface area (Å²) >= 11 is 0. The maximum Gasteiger partial charge on any atom is 0.180 e. The predicted molar refractivity (Wildman–Crippen MR) is 112 cm³/mol. The van der Waals surface area contributed by atoms with Gasteiger partial charge in [0.25, 0.3) is 0 Å². The van der Waals surface area contributed by atoms with Gasteiger partial charge in [0.15, 0.2) is 11.6 Å². The lowest BCUT2D eigenvalue weighted by Crippen LogP contribution is -2.51. The molecule has 0 saturated heterocycles. The maximum atomic E-state index is 12.9. The number of nitrogens with zero attached hydrogens (tertiary/aromatic N) is 4. The lowest BCUT2D eigenvalue weighted by atomic mass is 9.52. The molecule has 5 rings (SSSR count). The van der Waals surface area contributed by atoms with Gasteiger partial charge in [-0.1, -0.05) is 37.3 Å². The molecular weight excluding hydrogens is 376 g/mol. The van der Waals surface area contributed by atoms with Crippen molar-refractivity contribution in [3.05, 3.63) is 83.8 Å². The molecule has 0 spiro atoms. The van der Waals surface area contributed by atoms with Gasteiger partial charge in [-0.05, 0) is 36.3 Å². The molecule has 30 heavy (non-hydrogen) atoms. The zero-order valence-electron chi connectivity index (χ0n) is 16.7. The van der Waals surface area contributed by atoms with Crippen LogP contribution in [0, 0.1) is 11.8 Å². The molecule has 2 aromatic heterocycles. The van der Waals surface area contributed by atoms with Crippen molar-refractivity contribution in [3.8, 4) is 11.5 Å². The Labute approximate surface area is 174 Å². The molecule has 1 aromatic carbocycles. The van der Waals surface area contributed by atoms with Gasteiger partial charge in [0.2, 0.25) is 0 Å². The van der Waals surface area contributed by atoms with E-state index in [2.05, 4.69) is 27.1 Å². The van der Waals surface area contributed by atoms with Crippen LogP contribution in [0.25, 0.3) is 11.5 Å². The SMILES string of the molecule is C[C@@H]1C(=O)C(=CO)C[C@]2(c3ccccc3)c3nc(-c4cnccn4)ncc3CC[C@@H]12. The number of Topliss-reactive ketones (excluding diaryl/α,β-unsaturated/α-hetero) is 1. The predicted octanol–water partition coefficient (Wildman–Crippen LogP) is 3.83. The number of aliphatic hydroxyl groups is 1. The zero-order valence-corrected chi connectivity index (χ0v) is 16.7. The first kappa shape index (κ1) is 18.6. The van der Waals surface area contributed by atoms with Crippen LogP contribution in [0.4, 0.5) is 0 Å². The van der Waals surface area contributed by atoms with Crippen molar-refractivity contribution in [1.29, 1.82) is 0 Å². The average Bonchev–Trinajstić information content (AvgIpc) is 2.82. The lowest BCUT2D eigenvalue weighted by molar-refractivity contribution is -0.123. The summed E-state index contributed by atoms with van der Waals surface area (Å²) in [5, 5.41) is 9.88. The number of hydrogen-bond donors (Lipinski definition) is 1. The van der Waals surface area contributed by atoms with Crippen molar-refractivity contribution in [1.82, 2.24) is 19.9 Å². The van der Waals surface area contributed by atoms with Crippen LogP contribution in [0.3, 0.4) is 0 Å². The van der Waals surface area contributed by atoms with Crippen molar-refractivity contribution in [2.45, 2.75) is 31.6 Å². The van der Waals surface area contributed by atoms with Gasteiger partial charge < -0.3 is 5.11 Å². The van der Waals surface area contributed by atoms with E-state index < -0.39 is 5.41 Å². The third-order valence-electron chi connectivity index (χ3n) is 6.68. The second kappa shape index (κ2) is 7.13. The van der Waals surface area contributed by atoms with Crippen LogP contribution >= 0.6 is 0 Å². The van der Waals surface area contributed by atoms with Crippen molar-refractivity contribution in [2.75, 3.05) is 0 Å². The summed E-state index contributed by atoms with van der Waals surface area (Å²) in [5.41, 5.74) is 3.69. The van der Waals surface area contributed by atoms with Crippen LogP contribution in [0.2, 0.25) is 0 Å². The number of ketones is 1. The fourth-order valence-electron chi connectivity index (χ4n) is 5.30. The Bertz CT molecular complexity index is 1130. The monoisotopic (exact) mass is 398 g/mol. The maximum absolute atomic E-state index is 12.9. The van der Waals surface area contributed by atoms with E-state index in [1.807, 2.05) is 31.3 Å². The Morgan fingerprint density at radius 1 is 1.13 bits per heavy atom. The Morgan fingerprint density at radius 2 is 1.97 bits per heavy atom. The van der Waals surface area contributed by atoms with Gasteiger partial charge in [-0.2, -0.15) is 0 Å². The molecule has 6 heteroatoms. The average molecular weight is 398 g/mol. The number of fused-ring (bicyclic) bond motifs is 3. The van der Waals surface area contributed by atoms with Crippen LogP contribution in [0.5, 0.6) is 0 Å². The van der Waals surface area contributed by atoms with Crippen molar-refractivity contribution in [2.24, 2.45) is 11.8 Å². The minimum absolute atomic E-state index is 0.0284. The highest BCUT2D eigenvalue weighted by atomic mass is 16.2. The molecule has 2 aliphatic rings. The largest absolute Gasteiger partial charge is 0.515 e. The number of aromatic nitrogens is 4. The molecular formula is C24H22N4O2. The molecule has 6 nitrogen and oxygen atoms in total. The molecule has 0 aliphatic heterocycles. The van der Waals surface area contributed by atoms with Gasteiger partial charge in [0.05, 0.1) is 18.2 Å². The summed E-state index contributed by atoms with van der Waals surface area (Å²) in [5.74, 6) is 0.436. The van der Waals surface area contributed by atoms with E-state index in [0.717, 1.165) is 35.9 Å². The van der Waals surface area contributed by atoms with Crippen LogP contribution < -0.4 is 0 Å². The number of benzene rings is 1. The van der Waals surface area contributed by atoms with Gasteiger partial charge in [0.1, 0.15) is 5.69 Å². The number of hydrogen-bond acceptors (Lipinski definition) is 6. The number of allylic oxidation sites excluding steroid dienone is 1. The topological polar surface area (TPSA) is 88.9 Å². The normalized spacial score (nSPS) is 26.8. The summed E-state index contributed by atoms with van der Waals surface area (Å²) in [6, 6.07) is 10.2. The molecule has 0 radical (unpaired) electrons. The molecule has 0 amide bonds. The van der Waals surface area contributed by atoms with E-state index in [1.165, 1.54) is 0 Å². The smallest absolute Gasteiger partial charge is 0.180 e. The highest BCUT2D eigenvalue weighted by Gasteiger charge is 2.54. The Balaban J connectivity index is 1.78. The summed E-state index contributed by atoms with van der Waals surface area (Å²) < 4.78 is 0. The third kappa shape index (κ3) is 2.67. The molecule has 1 N–H and O–H groups in total. The van der Waals surface area contributed by atoms with Gasteiger partial charge >= 0.3 is 0 Å². The van der Waals surface area contributed by atoms with Crippen LogP contribution in [0.1, 0.15) is 36.6 Å². The molecule has 1 fully saturated rings. The Morgan fingerprint density at radius 3 is 2.70 bits per heavy atom.